The molecule has 0 aromatic heterocycles. The van der Waals surface area contributed by atoms with E-state index in [1.165, 1.54) is 11.8 Å². The van der Waals surface area contributed by atoms with Gasteiger partial charge in [-0.1, -0.05) is 11.6 Å². The van der Waals surface area contributed by atoms with Gasteiger partial charge in [0.2, 0.25) is 5.91 Å². The molecule has 10 heteroatoms. The molecule has 3 aliphatic heterocycles. The number of nitrogens with zero attached hydrogens (tertiary/aromatic N) is 2. The number of carbonyl (C=O) groups is 3. The number of rotatable bonds is 6. The van der Waals surface area contributed by atoms with Gasteiger partial charge in [-0.3, -0.25) is 14.4 Å². The minimum Gasteiger partial charge on any atom is -0.448 e. The van der Waals surface area contributed by atoms with Crippen LogP contribution in [0.3, 0.4) is 0 Å². The molecule has 8 nitrogen and oxygen atoms in total. The second-order valence-corrected chi connectivity index (χ2v) is 11.7. The van der Waals surface area contributed by atoms with Crippen LogP contribution in [0.5, 0.6) is 11.5 Å². The van der Waals surface area contributed by atoms with Gasteiger partial charge in [0.05, 0.1) is 10.9 Å². The van der Waals surface area contributed by atoms with Crippen molar-refractivity contribution in [2.24, 2.45) is 22.7 Å². The molecular formula is C27H32ClN3O5S. The van der Waals surface area contributed by atoms with Gasteiger partial charge in [-0.15, -0.1) is 11.8 Å². The van der Waals surface area contributed by atoms with Crippen LogP contribution in [0.15, 0.2) is 22.0 Å². The van der Waals surface area contributed by atoms with E-state index >= 15 is 0 Å². The predicted molar refractivity (Wildman–Crippen MR) is 143 cm³/mol. The topological polar surface area (TPSA) is 97.3 Å². The van der Waals surface area contributed by atoms with Gasteiger partial charge in [-0.2, -0.15) is 0 Å². The molecule has 2 atom stereocenters. The van der Waals surface area contributed by atoms with Crippen molar-refractivity contribution in [1.82, 2.24) is 10.2 Å². The SMILES string of the molecule is CSC1=CC(C)=NC(=O)C1CNC(=O)c1cc(Cl)c2c(c1C)O[C@@](C)(C1CCN(C(=O)C3CC3)CC1)O2. The van der Waals surface area contributed by atoms with Gasteiger partial charge in [0.1, 0.15) is 0 Å². The number of thioether (sulfide) groups is 1. The van der Waals surface area contributed by atoms with Crippen molar-refractivity contribution in [3.63, 3.8) is 0 Å². The van der Waals surface area contributed by atoms with Crippen LogP contribution in [-0.2, 0) is 9.59 Å². The molecule has 1 unspecified atom stereocenters. The third kappa shape index (κ3) is 5.00. The molecule has 1 N–H and O–H groups in total. The van der Waals surface area contributed by atoms with Gasteiger partial charge >= 0.3 is 0 Å². The van der Waals surface area contributed by atoms with Gasteiger partial charge in [0.15, 0.2) is 11.5 Å². The molecular weight excluding hydrogens is 514 g/mol. The molecule has 5 rings (SSSR count). The maximum atomic E-state index is 13.2. The number of dihydropyridines is 1. The molecule has 2 fully saturated rings. The molecule has 1 aromatic carbocycles. The summed E-state index contributed by atoms with van der Waals surface area (Å²) in [5.41, 5.74) is 1.67. The molecule has 0 bridgehead atoms. The van der Waals surface area contributed by atoms with Crippen LogP contribution >= 0.6 is 23.4 Å². The van der Waals surface area contributed by atoms with Crippen LogP contribution in [0.25, 0.3) is 0 Å². The predicted octanol–water partition coefficient (Wildman–Crippen LogP) is 4.38. The number of allylic oxidation sites excluding steroid dienone is 1. The van der Waals surface area contributed by atoms with Crippen LogP contribution < -0.4 is 14.8 Å². The zero-order valence-corrected chi connectivity index (χ0v) is 23.1. The number of piperidine rings is 1. The molecule has 37 heavy (non-hydrogen) atoms. The minimum absolute atomic E-state index is 0.0778. The van der Waals surface area contributed by atoms with Gasteiger partial charge in [0.25, 0.3) is 17.6 Å². The summed E-state index contributed by atoms with van der Waals surface area (Å²) in [6, 6.07) is 1.59. The Balaban J connectivity index is 1.27. The van der Waals surface area contributed by atoms with E-state index in [-0.39, 0.29) is 36.1 Å². The zero-order chi connectivity index (χ0) is 26.5. The lowest BCUT2D eigenvalue weighted by Gasteiger charge is -2.39. The monoisotopic (exact) mass is 545 g/mol. The van der Waals surface area contributed by atoms with Crippen molar-refractivity contribution in [2.45, 2.75) is 52.2 Å². The minimum atomic E-state index is -0.928. The summed E-state index contributed by atoms with van der Waals surface area (Å²) in [4.78, 5) is 44.9. The molecule has 4 aliphatic rings. The molecule has 3 amide bonds. The van der Waals surface area contributed by atoms with E-state index in [4.69, 9.17) is 21.1 Å². The average Bonchev–Trinajstić information content (AvgIpc) is 3.66. The molecule has 0 spiro atoms. The summed E-state index contributed by atoms with van der Waals surface area (Å²) < 4.78 is 12.7. The number of fused-ring (bicyclic) bond motifs is 1. The number of nitrogens with one attached hydrogen (secondary N) is 1. The molecule has 1 aliphatic carbocycles. The number of carbonyl (C=O) groups excluding carboxylic acids is 3. The lowest BCUT2D eigenvalue weighted by Crippen LogP contribution is -2.50. The Labute approximate surface area is 226 Å². The Bertz CT molecular complexity index is 1220. The first kappa shape index (κ1) is 26.1. The van der Waals surface area contributed by atoms with Gasteiger partial charge in [0, 0.05) is 60.1 Å². The van der Waals surface area contributed by atoms with Gasteiger partial charge in [-0.25, -0.2) is 4.99 Å². The highest BCUT2D eigenvalue weighted by atomic mass is 35.5. The lowest BCUT2D eigenvalue weighted by molar-refractivity contribution is -0.143. The van der Waals surface area contributed by atoms with E-state index in [0.717, 1.165) is 30.6 Å². The summed E-state index contributed by atoms with van der Waals surface area (Å²) in [7, 11) is 0. The molecule has 1 aromatic rings. The van der Waals surface area contributed by atoms with E-state index in [1.54, 1.807) is 13.0 Å². The van der Waals surface area contributed by atoms with Crippen molar-refractivity contribution >= 4 is 46.8 Å². The first-order valence-corrected chi connectivity index (χ1v) is 14.3. The molecule has 1 saturated carbocycles. The number of halogens is 1. The Morgan fingerprint density at radius 3 is 2.51 bits per heavy atom. The van der Waals surface area contributed by atoms with E-state index < -0.39 is 11.7 Å². The second-order valence-electron chi connectivity index (χ2n) is 10.4. The Kier molecular flexibility index (Phi) is 7.04. The molecule has 0 radical (unpaired) electrons. The maximum Gasteiger partial charge on any atom is 0.255 e. The number of likely N-dealkylation sites (tertiary alicyclic amines) is 1. The van der Waals surface area contributed by atoms with Gasteiger partial charge < -0.3 is 19.7 Å². The van der Waals surface area contributed by atoms with Crippen LogP contribution in [0, 0.1) is 24.7 Å². The summed E-state index contributed by atoms with van der Waals surface area (Å²) >= 11 is 8.05. The highest BCUT2D eigenvalue weighted by molar-refractivity contribution is 8.02. The molecule has 3 heterocycles. The van der Waals surface area contributed by atoms with Gasteiger partial charge in [-0.05, 0) is 57.9 Å². The normalized spacial score (nSPS) is 25.6. The van der Waals surface area contributed by atoms with E-state index in [2.05, 4.69) is 10.3 Å². The van der Waals surface area contributed by atoms with Crippen LogP contribution in [0.4, 0.5) is 0 Å². The second kappa shape index (κ2) is 9.98. The van der Waals surface area contributed by atoms with Crippen molar-refractivity contribution in [3.05, 3.63) is 33.2 Å². The number of aliphatic imine (C=N–C) groups is 1. The Morgan fingerprint density at radius 2 is 1.86 bits per heavy atom. The average molecular weight is 546 g/mol. The smallest absolute Gasteiger partial charge is 0.255 e. The van der Waals surface area contributed by atoms with Crippen LogP contribution in [-0.4, -0.2) is 60.0 Å². The highest BCUT2D eigenvalue weighted by Gasteiger charge is 2.48. The maximum absolute atomic E-state index is 13.2. The summed E-state index contributed by atoms with van der Waals surface area (Å²) in [6.07, 6.45) is 7.33. The highest BCUT2D eigenvalue weighted by Crippen LogP contribution is 2.51. The van der Waals surface area contributed by atoms with Crippen molar-refractivity contribution in [2.75, 3.05) is 25.9 Å². The standard InChI is InChI=1S/C27H32ClN3O5S/c1-14-11-21(37-4)19(25(33)30-14)13-29-24(32)18-12-20(28)23-22(15(18)2)35-27(3,36-23)17-7-9-31(10-8-17)26(34)16-5-6-16/h11-12,16-17,19H,5-10,13H2,1-4H3,(H,29,32)/t19?,27-/m1/s1. The summed E-state index contributed by atoms with van der Waals surface area (Å²) in [5, 5.41) is 3.18. The number of benzene rings is 1. The third-order valence-electron chi connectivity index (χ3n) is 7.75. The fourth-order valence-corrected chi connectivity index (χ4v) is 6.34. The number of hydrogen-bond donors (Lipinski definition) is 1. The fourth-order valence-electron chi connectivity index (χ4n) is 5.35. The molecule has 198 valence electrons. The lowest BCUT2D eigenvalue weighted by atomic mass is 9.89. The number of amides is 3. The first-order valence-electron chi connectivity index (χ1n) is 12.7. The third-order valence-corrected chi connectivity index (χ3v) is 8.90. The van der Waals surface area contributed by atoms with Crippen LogP contribution in [0.2, 0.25) is 5.02 Å². The Hall–Kier alpha value is -2.52. The number of hydrogen-bond acceptors (Lipinski definition) is 6. The zero-order valence-electron chi connectivity index (χ0n) is 21.6. The van der Waals surface area contributed by atoms with Crippen LogP contribution in [0.1, 0.15) is 55.5 Å². The van der Waals surface area contributed by atoms with E-state index in [1.807, 2.05) is 31.1 Å². The summed E-state index contributed by atoms with van der Waals surface area (Å²) in [5.74, 6) is -0.559. The van der Waals surface area contributed by atoms with E-state index in [9.17, 15) is 14.4 Å². The quantitative estimate of drug-likeness (QED) is 0.570. The van der Waals surface area contributed by atoms with Crippen molar-refractivity contribution in [3.8, 4) is 11.5 Å². The fraction of sp³-hybridized carbons (Fsp3) is 0.556. The first-order chi connectivity index (χ1) is 17.6. The summed E-state index contributed by atoms with van der Waals surface area (Å²) in [6.45, 7) is 7.01. The van der Waals surface area contributed by atoms with E-state index in [0.29, 0.717) is 46.4 Å². The largest absolute Gasteiger partial charge is 0.448 e. The molecule has 1 saturated heterocycles. The Morgan fingerprint density at radius 1 is 1.19 bits per heavy atom. The van der Waals surface area contributed by atoms with Crippen molar-refractivity contribution in [1.29, 1.82) is 0 Å². The number of ether oxygens (including phenoxy) is 2. The van der Waals surface area contributed by atoms with Crippen molar-refractivity contribution < 1.29 is 23.9 Å².